The molecule has 0 bridgehead atoms. The minimum absolute atomic E-state index is 0.0781. The van der Waals surface area contributed by atoms with E-state index in [0.717, 1.165) is 11.1 Å². The largest absolute Gasteiger partial charge is 0.488 e. The highest BCUT2D eigenvalue weighted by Gasteiger charge is 2.30. The number of benzene rings is 2. The third-order valence-corrected chi connectivity index (χ3v) is 5.54. The van der Waals surface area contributed by atoms with Gasteiger partial charge in [-0.3, -0.25) is 9.69 Å². The fourth-order valence-electron chi connectivity index (χ4n) is 2.66. The van der Waals surface area contributed by atoms with Crippen molar-refractivity contribution in [3.63, 3.8) is 0 Å². The minimum Gasteiger partial charge on any atom is -0.488 e. The molecule has 3 rings (SSSR count). The molecule has 28 heavy (non-hydrogen) atoms. The summed E-state index contributed by atoms with van der Waals surface area (Å²) < 4.78 is 11.2. The number of likely N-dealkylation sites (N-methyl/N-ethyl adjacent to an activating group) is 1. The Morgan fingerprint density at radius 1 is 1.18 bits per heavy atom. The molecule has 1 fully saturated rings. The summed E-state index contributed by atoms with van der Waals surface area (Å²) in [6.45, 7) is 2.79. The number of esters is 1. The molecule has 0 aromatic heterocycles. The summed E-state index contributed by atoms with van der Waals surface area (Å²) in [5.74, 6) is 0.217. The quantitative estimate of drug-likeness (QED) is 0.400. The van der Waals surface area contributed by atoms with Gasteiger partial charge in [0.1, 0.15) is 16.7 Å². The number of hydrogen-bond donors (Lipinski definition) is 0. The van der Waals surface area contributed by atoms with Crippen LogP contribution in [0.5, 0.6) is 5.75 Å². The van der Waals surface area contributed by atoms with Gasteiger partial charge in [-0.15, -0.1) is 0 Å². The van der Waals surface area contributed by atoms with Crippen LogP contribution in [0.2, 0.25) is 0 Å². The predicted octanol–water partition coefficient (Wildman–Crippen LogP) is 4.27. The molecule has 0 aliphatic carbocycles. The highest BCUT2D eigenvalue weighted by atomic mass is 32.2. The van der Waals surface area contributed by atoms with Gasteiger partial charge in [0.2, 0.25) is 0 Å². The van der Waals surface area contributed by atoms with E-state index >= 15 is 0 Å². The van der Waals surface area contributed by atoms with Gasteiger partial charge in [-0.1, -0.05) is 54.3 Å². The third kappa shape index (κ3) is 4.43. The number of para-hydroxylation sites is 1. The molecule has 0 unspecified atom stereocenters. The standard InChI is InChI=1S/C21H19NO4S2/c1-3-22-19(23)18(28-21(22)27)12-16-6-4-5-7-17(16)26-13-14-8-10-15(11-9-14)20(24)25-2/h4-12H,3,13H2,1-2H3. The summed E-state index contributed by atoms with van der Waals surface area (Å²) in [7, 11) is 1.35. The van der Waals surface area contributed by atoms with Crippen LogP contribution >= 0.6 is 24.0 Å². The van der Waals surface area contributed by atoms with Crippen molar-refractivity contribution in [3.05, 3.63) is 70.1 Å². The number of methoxy groups -OCH3 is 1. The zero-order chi connectivity index (χ0) is 20.1. The van der Waals surface area contributed by atoms with Crippen LogP contribution in [-0.2, 0) is 16.1 Å². The fraction of sp³-hybridized carbons (Fsp3) is 0.190. The first-order valence-corrected chi connectivity index (χ1v) is 9.90. The number of ether oxygens (including phenoxy) is 2. The van der Waals surface area contributed by atoms with Crippen molar-refractivity contribution in [1.82, 2.24) is 4.90 Å². The number of nitrogens with zero attached hydrogens (tertiary/aromatic N) is 1. The van der Waals surface area contributed by atoms with E-state index in [2.05, 4.69) is 0 Å². The minimum atomic E-state index is -0.373. The number of carbonyl (C=O) groups excluding carboxylic acids is 2. The summed E-state index contributed by atoms with van der Waals surface area (Å²) >= 11 is 6.56. The molecular weight excluding hydrogens is 394 g/mol. The second-order valence-corrected chi connectivity index (χ2v) is 7.62. The first-order valence-electron chi connectivity index (χ1n) is 8.68. The van der Waals surface area contributed by atoms with E-state index in [1.54, 1.807) is 17.0 Å². The highest BCUT2D eigenvalue weighted by Crippen LogP contribution is 2.34. The maximum absolute atomic E-state index is 12.4. The molecule has 7 heteroatoms. The van der Waals surface area contributed by atoms with Gasteiger partial charge in [0, 0.05) is 12.1 Å². The molecule has 0 spiro atoms. The summed E-state index contributed by atoms with van der Waals surface area (Å²) in [6, 6.07) is 14.6. The van der Waals surface area contributed by atoms with Crippen molar-refractivity contribution in [1.29, 1.82) is 0 Å². The molecule has 1 amide bonds. The van der Waals surface area contributed by atoms with Crippen molar-refractivity contribution in [2.24, 2.45) is 0 Å². The monoisotopic (exact) mass is 413 g/mol. The summed E-state index contributed by atoms with van der Waals surface area (Å²) in [6.07, 6.45) is 1.81. The molecule has 144 valence electrons. The van der Waals surface area contributed by atoms with Crippen LogP contribution in [0.15, 0.2) is 53.4 Å². The molecule has 1 aliphatic rings. The number of amides is 1. The average Bonchev–Trinajstić information content (AvgIpc) is 2.99. The Labute approximate surface area is 173 Å². The predicted molar refractivity (Wildman–Crippen MR) is 114 cm³/mol. The van der Waals surface area contributed by atoms with Crippen LogP contribution in [-0.4, -0.2) is 34.8 Å². The number of thioether (sulfide) groups is 1. The first-order chi connectivity index (χ1) is 13.5. The van der Waals surface area contributed by atoms with Crippen molar-refractivity contribution in [3.8, 4) is 5.75 Å². The van der Waals surface area contributed by atoms with E-state index in [9.17, 15) is 9.59 Å². The lowest BCUT2D eigenvalue weighted by molar-refractivity contribution is -0.121. The maximum atomic E-state index is 12.4. The number of carbonyl (C=O) groups is 2. The molecule has 2 aromatic carbocycles. The van der Waals surface area contributed by atoms with Gasteiger partial charge in [-0.25, -0.2) is 4.79 Å². The molecule has 5 nitrogen and oxygen atoms in total. The number of hydrogen-bond acceptors (Lipinski definition) is 6. The third-order valence-electron chi connectivity index (χ3n) is 4.16. The van der Waals surface area contributed by atoms with Gasteiger partial charge < -0.3 is 9.47 Å². The molecule has 0 atom stereocenters. The van der Waals surface area contributed by atoms with Crippen molar-refractivity contribution in [2.45, 2.75) is 13.5 Å². The normalized spacial score (nSPS) is 15.2. The Morgan fingerprint density at radius 2 is 1.89 bits per heavy atom. The van der Waals surface area contributed by atoms with Crippen LogP contribution in [0.1, 0.15) is 28.4 Å². The Balaban J connectivity index is 1.74. The molecule has 0 saturated carbocycles. The summed E-state index contributed by atoms with van der Waals surface area (Å²) in [5.41, 5.74) is 2.22. The second-order valence-electron chi connectivity index (χ2n) is 5.94. The fourth-order valence-corrected chi connectivity index (χ4v) is 4.04. The lowest BCUT2D eigenvalue weighted by Crippen LogP contribution is -2.27. The van der Waals surface area contributed by atoms with E-state index < -0.39 is 0 Å². The number of thiocarbonyl (C=S) groups is 1. The van der Waals surface area contributed by atoms with E-state index in [1.165, 1.54) is 18.9 Å². The topological polar surface area (TPSA) is 55.8 Å². The van der Waals surface area contributed by atoms with Gasteiger partial charge in [0.15, 0.2) is 0 Å². The first kappa shape index (κ1) is 20.1. The zero-order valence-electron chi connectivity index (χ0n) is 15.5. The Kier molecular flexibility index (Phi) is 6.49. The van der Waals surface area contributed by atoms with E-state index in [-0.39, 0.29) is 11.9 Å². The molecule has 1 saturated heterocycles. The van der Waals surface area contributed by atoms with Gasteiger partial charge in [0.25, 0.3) is 5.91 Å². The average molecular weight is 414 g/mol. The van der Waals surface area contributed by atoms with Crippen LogP contribution < -0.4 is 4.74 Å². The molecule has 0 radical (unpaired) electrons. The van der Waals surface area contributed by atoms with Crippen molar-refractivity contribution in [2.75, 3.05) is 13.7 Å². The molecule has 1 heterocycles. The van der Waals surface area contributed by atoms with Crippen LogP contribution in [0.4, 0.5) is 0 Å². The SMILES string of the molecule is CCN1C(=O)C(=Cc2ccccc2OCc2ccc(C(=O)OC)cc2)SC1=S. The van der Waals surface area contributed by atoms with Gasteiger partial charge in [-0.2, -0.15) is 0 Å². The molecule has 2 aromatic rings. The maximum Gasteiger partial charge on any atom is 0.337 e. The molecular formula is C21H19NO4S2. The molecule has 0 N–H and O–H groups in total. The van der Waals surface area contributed by atoms with Crippen molar-refractivity contribution < 1.29 is 19.1 Å². The molecule has 1 aliphatic heterocycles. The van der Waals surface area contributed by atoms with Crippen molar-refractivity contribution >= 4 is 46.3 Å². The van der Waals surface area contributed by atoms with Gasteiger partial charge in [-0.05, 0) is 36.8 Å². The smallest absolute Gasteiger partial charge is 0.337 e. The second kappa shape index (κ2) is 9.03. The van der Waals surface area contributed by atoms with E-state index in [0.29, 0.717) is 33.7 Å². The van der Waals surface area contributed by atoms with E-state index in [4.69, 9.17) is 21.7 Å². The van der Waals surface area contributed by atoms with Crippen LogP contribution in [0, 0.1) is 0 Å². The highest BCUT2D eigenvalue weighted by molar-refractivity contribution is 8.26. The number of rotatable bonds is 6. The Hall–Kier alpha value is -2.64. The van der Waals surface area contributed by atoms with E-state index in [1.807, 2.05) is 49.4 Å². The van der Waals surface area contributed by atoms with Gasteiger partial charge in [0.05, 0.1) is 17.6 Å². The lowest BCUT2D eigenvalue weighted by atomic mass is 10.1. The Bertz CT molecular complexity index is 938. The van der Waals surface area contributed by atoms with Gasteiger partial charge >= 0.3 is 5.97 Å². The summed E-state index contributed by atoms with van der Waals surface area (Å²) in [5, 5.41) is 0. The summed E-state index contributed by atoms with van der Waals surface area (Å²) in [4.78, 5) is 26.1. The zero-order valence-corrected chi connectivity index (χ0v) is 17.1. The lowest BCUT2D eigenvalue weighted by Gasteiger charge is -2.11. The Morgan fingerprint density at radius 3 is 2.54 bits per heavy atom. The van der Waals surface area contributed by atoms with Crippen LogP contribution in [0.3, 0.4) is 0 Å². The van der Waals surface area contributed by atoms with Crippen LogP contribution in [0.25, 0.3) is 6.08 Å².